The molecule has 1 heterocycles. The zero-order valence-electron chi connectivity index (χ0n) is 10.6. The number of hydrogen-bond donors (Lipinski definition) is 2. The van der Waals surface area contributed by atoms with Gasteiger partial charge in [-0.15, -0.1) is 0 Å². The lowest BCUT2D eigenvalue weighted by Gasteiger charge is -2.31. The van der Waals surface area contributed by atoms with E-state index in [-0.39, 0.29) is 5.69 Å². The highest BCUT2D eigenvalue weighted by Gasteiger charge is 2.36. The molecule has 2 rings (SSSR count). The fraction of sp³-hybridized carbons (Fsp3) is 0.417. The number of nitro benzene ring substituents is 1. The van der Waals surface area contributed by atoms with Crippen molar-refractivity contribution in [3.05, 3.63) is 34.1 Å². The number of hydrogen-bond acceptors (Lipinski definition) is 5. The van der Waals surface area contributed by atoms with Crippen LogP contribution in [0.4, 0.5) is 15.8 Å². The molecule has 1 saturated heterocycles. The van der Waals surface area contributed by atoms with Gasteiger partial charge in [-0.25, -0.2) is 4.39 Å². The van der Waals surface area contributed by atoms with Gasteiger partial charge in [0.25, 0.3) is 5.69 Å². The van der Waals surface area contributed by atoms with Crippen LogP contribution < -0.4 is 11.1 Å². The summed E-state index contributed by atoms with van der Waals surface area (Å²) >= 11 is 0. The predicted molar refractivity (Wildman–Crippen MR) is 68.7 cm³/mol. The van der Waals surface area contributed by atoms with Crippen molar-refractivity contribution in [3.63, 3.8) is 0 Å². The summed E-state index contributed by atoms with van der Waals surface area (Å²) < 4.78 is 18.1. The van der Waals surface area contributed by atoms with Crippen LogP contribution in [0.5, 0.6) is 0 Å². The van der Waals surface area contributed by atoms with Crippen molar-refractivity contribution >= 4 is 17.3 Å². The lowest BCUT2D eigenvalue weighted by Crippen LogP contribution is -2.54. The van der Waals surface area contributed by atoms with E-state index in [9.17, 15) is 19.3 Å². The second kappa shape index (κ2) is 5.51. The van der Waals surface area contributed by atoms with Crippen molar-refractivity contribution < 1.29 is 18.8 Å². The number of anilines is 1. The van der Waals surface area contributed by atoms with Gasteiger partial charge in [-0.3, -0.25) is 14.9 Å². The van der Waals surface area contributed by atoms with Crippen LogP contribution in [0.15, 0.2) is 18.2 Å². The second-order valence-corrected chi connectivity index (χ2v) is 4.64. The molecule has 0 aromatic heterocycles. The van der Waals surface area contributed by atoms with E-state index in [1.807, 2.05) is 0 Å². The van der Waals surface area contributed by atoms with Crippen LogP contribution in [0.3, 0.4) is 0 Å². The summed E-state index contributed by atoms with van der Waals surface area (Å²) in [5.41, 5.74) is 4.27. The van der Waals surface area contributed by atoms with E-state index in [2.05, 4.69) is 5.32 Å². The zero-order chi connectivity index (χ0) is 14.8. The molecule has 8 heteroatoms. The SMILES string of the molecule is NC1(C(=O)Nc2ccc(F)cc2[N+](=O)[O-])CCOCC1. The Labute approximate surface area is 114 Å². The maximum atomic E-state index is 13.0. The van der Waals surface area contributed by atoms with Gasteiger partial charge in [0.1, 0.15) is 17.0 Å². The molecule has 20 heavy (non-hydrogen) atoms. The Morgan fingerprint density at radius 1 is 1.45 bits per heavy atom. The normalized spacial score (nSPS) is 17.5. The fourth-order valence-electron chi connectivity index (χ4n) is 1.97. The summed E-state index contributed by atoms with van der Waals surface area (Å²) in [6.07, 6.45) is 0.654. The predicted octanol–water partition coefficient (Wildman–Crippen LogP) is 1.18. The molecular weight excluding hydrogens is 269 g/mol. The first-order chi connectivity index (χ1) is 9.42. The Morgan fingerprint density at radius 3 is 2.70 bits per heavy atom. The summed E-state index contributed by atoms with van der Waals surface area (Å²) in [5.74, 6) is -1.28. The van der Waals surface area contributed by atoms with E-state index < -0.39 is 27.9 Å². The van der Waals surface area contributed by atoms with E-state index in [0.717, 1.165) is 18.2 Å². The third-order valence-electron chi connectivity index (χ3n) is 3.24. The molecule has 0 aliphatic carbocycles. The van der Waals surface area contributed by atoms with Gasteiger partial charge in [0.2, 0.25) is 5.91 Å². The first-order valence-corrected chi connectivity index (χ1v) is 6.04. The average Bonchev–Trinajstić information content (AvgIpc) is 2.41. The lowest BCUT2D eigenvalue weighted by atomic mass is 9.90. The number of nitro groups is 1. The quantitative estimate of drug-likeness (QED) is 0.639. The summed E-state index contributed by atoms with van der Waals surface area (Å²) in [5, 5.41) is 13.2. The highest BCUT2D eigenvalue weighted by atomic mass is 19.1. The van der Waals surface area contributed by atoms with Gasteiger partial charge in [-0.05, 0) is 25.0 Å². The number of ether oxygens (including phenoxy) is 1. The molecule has 108 valence electrons. The number of nitrogens with one attached hydrogen (secondary N) is 1. The molecular formula is C12H14FN3O4. The smallest absolute Gasteiger partial charge is 0.295 e. The van der Waals surface area contributed by atoms with Crippen LogP contribution >= 0.6 is 0 Å². The minimum absolute atomic E-state index is 0.0716. The third-order valence-corrected chi connectivity index (χ3v) is 3.24. The van der Waals surface area contributed by atoms with Gasteiger partial charge in [0.05, 0.1) is 11.0 Å². The summed E-state index contributed by atoms with van der Waals surface area (Å²) in [4.78, 5) is 22.2. The highest BCUT2D eigenvalue weighted by molar-refractivity contribution is 5.99. The van der Waals surface area contributed by atoms with E-state index in [1.54, 1.807) is 0 Å². The minimum atomic E-state index is -1.12. The number of halogens is 1. The molecule has 1 fully saturated rings. The summed E-state index contributed by atoms with van der Waals surface area (Å²) in [6.45, 7) is 0.713. The van der Waals surface area contributed by atoms with E-state index in [1.165, 1.54) is 0 Å². The van der Waals surface area contributed by atoms with Crippen molar-refractivity contribution in [2.45, 2.75) is 18.4 Å². The molecule has 1 aliphatic rings. The molecule has 7 nitrogen and oxygen atoms in total. The number of carbonyl (C=O) groups is 1. The maximum Gasteiger partial charge on any atom is 0.295 e. The topological polar surface area (TPSA) is 107 Å². The van der Waals surface area contributed by atoms with Gasteiger partial charge in [-0.1, -0.05) is 0 Å². The molecule has 0 bridgehead atoms. The molecule has 1 aliphatic heterocycles. The molecule has 0 spiro atoms. The van der Waals surface area contributed by atoms with Crippen LogP contribution in [0.1, 0.15) is 12.8 Å². The van der Waals surface area contributed by atoms with Crippen LogP contribution in [0.25, 0.3) is 0 Å². The van der Waals surface area contributed by atoms with Crippen molar-refractivity contribution in [2.75, 3.05) is 18.5 Å². The Balaban J connectivity index is 2.21. The first-order valence-electron chi connectivity index (χ1n) is 6.04. The van der Waals surface area contributed by atoms with E-state index in [0.29, 0.717) is 26.1 Å². The second-order valence-electron chi connectivity index (χ2n) is 4.64. The van der Waals surface area contributed by atoms with E-state index in [4.69, 9.17) is 10.5 Å². The maximum absolute atomic E-state index is 13.0. The molecule has 1 aromatic rings. The summed E-state index contributed by atoms with van der Waals surface area (Å²) in [6, 6.07) is 2.94. The molecule has 3 N–H and O–H groups in total. The van der Waals surface area contributed by atoms with Crippen LogP contribution in [0, 0.1) is 15.9 Å². The van der Waals surface area contributed by atoms with Crippen molar-refractivity contribution in [3.8, 4) is 0 Å². The van der Waals surface area contributed by atoms with Crippen LogP contribution in [-0.4, -0.2) is 29.6 Å². The highest BCUT2D eigenvalue weighted by Crippen LogP contribution is 2.27. The monoisotopic (exact) mass is 283 g/mol. The van der Waals surface area contributed by atoms with Crippen LogP contribution in [-0.2, 0) is 9.53 Å². The fourth-order valence-corrected chi connectivity index (χ4v) is 1.97. The number of rotatable bonds is 3. The van der Waals surface area contributed by atoms with Gasteiger partial charge in [0.15, 0.2) is 0 Å². The van der Waals surface area contributed by atoms with Gasteiger partial charge >= 0.3 is 0 Å². The molecule has 1 amide bonds. The lowest BCUT2D eigenvalue weighted by molar-refractivity contribution is -0.384. The molecule has 0 atom stereocenters. The number of amides is 1. The Kier molecular flexibility index (Phi) is 3.96. The Morgan fingerprint density at radius 2 is 2.10 bits per heavy atom. The average molecular weight is 283 g/mol. The number of benzene rings is 1. The van der Waals surface area contributed by atoms with E-state index >= 15 is 0 Å². The Bertz CT molecular complexity index is 544. The zero-order valence-corrected chi connectivity index (χ0v) is 10.6. The number of nitrogens with two attached hydrogens (primary N) is 1. The largest absolute Gasteiger partial charge is 0.381 e. The van der Waals surface area contributed by atoms with Crippen molar-refractivity contribution in [1.82, 2.24) is 0 Å². The standard InChI is InChI=1S/C12H14FN3O4/c13-8-1-2-9(10(7-8)16(18)19)15-11(17)12(14)3-5-20-6-4-12/h1-2,7H,3-6,14H2,(H,15,17). The molecule has 0 radical (unpaired) electrons. The van der Waals surface area contributed by atoms with Crippen LogP contribution in [0.2, 0.25) is 0 Å². The molecule has 0 saturated carbocycles. The third kappa shape index (κ3) is 2.91. The number of nitrogens with zero attached hydrogens (tertiary/aromatic N) is 1. The number of carbonyl (C=O) groups excluding carboxylic acids is 1. The first kappa shape index (κ1) is 14.4. The van der Waals surface area contributed by atoms with Crippen molar-refractivity contribution in [1.29, 1.82) is 0 Å². The molecule has 0 unspecified atom stereocenters. The van der Waals surface area contributed by atoms with Gasteiger partial charge in [-0.2, -0.15) is 0 Å². The van der Waals surface area contributed by atoms with Gasteiger partial charge < -0.3 is 15.8 Å². The Hall–Kier alpha value is -2.06. The molecule has 1 aromatic carbocycles. The summed E-state index contributed by atoms with van der Waals surface area (Å²) in [7, 11) is 0. The minimum Gasteiger partial charge on any atom is -0.381 e. The van der Waals surface area contributed by atoms with Crippen molar-refractivity contribution in [2.24, 2.45) is 5.73 Å². The van der Waals surface area contributed by atoms with Gasteiger partial charge in [0, 0.05) is 13.2 Å².